The molecule has 2 aromatic carbocycles. The monoisotopic (exact) mass is 445 g/mol. The molecule has 0 radical (unpaired) electrons. The SMILES string of the molecule is C=CCCCCCCS/C=C(/C)O[C@@H](Sc1ccccc1NC)c1ccccc1F. The van der Waals surface area contributed by atoms with Crippen LogP contribution < -0.4 is 5.32 Å². The molecule has 2 nitrogen and oxygen atoms in total. The van der Waals surface area contributed by atoms with Crippen LogP contribution in [0.1, 0.15) is 50.0 Å². The quantitative estimate of drug-likeness (QED) is 0.104. The lowest BCUT2D eigenvalue weighted by Crippen LogP contribution is -2.03. The summed E-state index contributed by atoms with van der Waals surface area (Å²) in [7, 11) is 1.89. The molecule has 1 atom stereocenters. The average Bonchev–Trinajstić information content (AvgIpc) is 2.76. The molecule has 1 N–H and O–H groups in total. The van der Waals surface area contributed by atoms with E-state index in [9.17, 15) is 4.39 Å². The van der Waals surface area contributed by atoms with Gasteiger partial charge in [0.05, 0.1) is 0 Å². The molecule has 0 spiro atoms. The molecule has 2 aromatic rings. The molecule has 5 heteroatoms. The maximum atomic E-state index is 14.5. The van der Waals surface area contributed by atoms with Crippen molar-refractivity contribution in [2.24, 2.45) is 0 Å². The van der Waals surface area contributed by atoms with Crippen molar-refractivity contribution in [3.8, 4) is 0 Å². The molecule has 0 aliphatic carbocycles. The van der Waals surface area contributed by atoms with Gasteiger partial charge in [-0.3, -0.25) is 0 Å². The standard InChI is InChI=1S/C25H32FNOS2/c1-4-5-6-7-8-13-18-29-19-20(2)28-25(21-14-9-10-15-22(21)26)30-24-17-12-11-16-23(24)27-3/h4,9-12,14-17,19,25,27H,1,5-8,13,18H2,2-3H3/b20-19-/t25-/m0/s1. The molecule has 0 aromatic heterocycles. The first-order valence-corrected chi connectivity index (χ1v) is 12.3. The lowest BCUT2D eigenvalue weighted by molar-refractivity contribution is 0.189. The zero-order chi connectivity index (χ0) is 21.6. The first-order chi connectivity index (χ1) is 14.7. The van der Waals surface area contributed by atoms with Crippen LogP contribution in [0.4, 0.5) is 10.1 Å². The number of unbranched alkanes of at least 4 members (excludes halogenated alkanes) is 4. The predicted molar refractivity (Wildman–Crippen MR) is 132 cm³/mol. The Morgan fingerprint density at radius 3 is 2.60 bits per heavy atom. The molecule has 2 rings (SSSR count). The molecule has 30 heavy (non-hydrogen) atoms. The fraction of sp³-hybridized carbons (Fsp3) is 0.360. The molecule has 0 aliphatic rings. The number of ether oxygens (including phenoxy) is 1. The molecule has 0 amide bonds. The average molecular weight is 446 g/mol. The summed E-state index contributed by atoms with van der Waals surface area (Å²) in [6.45, 7) is 5.70. The smallest absolute Gasteiger partial charge is 0.176 e. The number of allylic oxidation sites excluding steroid dienone is 2. The normalized spacial score (nSPS) is 12.4. The highest BCUT2D eigenvalue weighted by atomic mass is 32.2. The van der Waals surface area contributed by atoms with Crippen molar-refractivity contribution in [3.63, 3.8) is 0 Å². The van der Waals surface area contributed by atoms with Gasteiger partial charge in [0.15, 0.2) is 5.44 Å². The summed E-state index contributed by atoms with van der Waals surface area (Å²) in [5, 5.41) is 5.24. The van der Waals surface area contributed by atoms with E-state index in [0.29, 0.717) is 5.56 Å². The fourth-order valence-corrected chi connectivity index (χ4v) is 4.89. The molecular weight excluding hydrogens is 413 g/mol. The van der Waals surface area contributed by atoms with Crippen molar-refractivity contribution in [3.05, 3.63) is 83.7 Å². The van der Waals surface area contributed by atoms with Crippen LogP contribution in [0, 0.1) is 5.82 Å². The van der Waals surface area contributed by atoms with Crippen LogP contribution in [0.3, 0.4) is 0 Å². The highest BCUT2D eigenvalue weighted by Gasteiger charge is 2.20. The van der Waals surface area contributed by atoms with Gasteiger partial charge < -0.3 is 10.1 Å². The summed E-state index contributed by atoms with van der Waals surface area (Å²) < 4.78 is 20.7. The summed E-state index contributed by atoms with van der Waals surface area (Å²) in [5.74, 6) is 1.61. The van der Waals surface area contributed by atoms with Crippen LogP contribution >= 0.6 is 23.5 Å². The second-order valence-electron chi connectivity index (χ2n) is 6.93. The second-order valence-corrected chi connectivity index (χ2v) is 9.01. The number of rotatable bonds is 14. The van der Waals surface area contributed by atoms with Gasteiger partial charge in [0.1, 0.15) is 11.6 Å². The Bertz CT molecular complexity index is 809. The van der Waals surface area contributed by atoms with E-state index in [1.54, 1.807) is 23.9 Å². The molecule has 0 fully saturated rings. The minimum atomic E-state index is -0.462. The minimum absolute atomic E-state index is 0.253. The van der Waals surface area contributed by atoms with Gasteiger partial charge in [-0.25, -0.2) is 4.39 Å². The molecule has 0 saturated carbocycles. The van der Waals surface area contributed by atoms with Gasteiger partial charge >= 0.3 is 0 Å². The van der Waals surface area contributed by atoms with Crippen LogP contribution in [0.5, 0.6) is 0 Å². The molecule has 0 heterocycles. The van der Waals surface area contributed by atoms with E-state index in [2.05, 4.69) is 11.9 Å². The highest BCUT2D eigenvalue weighted by molar-refractivity contribution is 8.02. The van der Waals surface area contributed by atoms with E-state index >= 15 is 0 Å². The van der Waals surface area contributed by atoms with Crippen molar-refractivity contribution in [2.75, 3.05) is 18.1 Å². The Morgan fingerprint density at radius 1 is 1.10 bits per heavy atom. The van der Waals surface area contributed by atoms with Crippen LogP contribution in [0.2, 0.25) is 0 Å². The van der Waals surface area contributed by atoms with E-state index in [4.69, 9.17) is 4.74 Å². The zero-order valence-electron chi connectivity index (χ0n) is 17.9. The third-order valence-electron chi connectivity index (χ3n) is 4.51. The number of hydrogen-bond donors (Lipinski definition) is 1. The zero-order valence-corrected chi connectivity index (χ0v) is 19.5. The Labute approximate surface area is 189 Å². The number of halogens is 1. The summed E-state index contributed by atoms with van der Waals surface area (Å²) in [5.41, 5.74) is 1.09. The largest absolute Gasteiger partial charge is 0.479 e. The van der Waals surface area contributed by atoms with Crippen molar-refractivity contribution in [1.29, 1.82) is 0 Å². The van der Waals surface area contributed by atoms with Crippen LogP contribution in [-0.4, -0.2) is 12.8 Å². The number of hydrogen-bond acceptors (Lipinski definition) is 4. The van der Waals surface area contributed by atoms with E-state index < -0.39 is 5.44 Å². The lowest BCUT2D eigenvalue weighted by Gasteiger charge is -2.21. The van der Waals surface area contributed by atoms with Crippen LogP contribution in [0.25, 0.3) is 0 Å². The van der Waals surface area contributed by atoms with Gasteiger partial charge in [-0.05, 0) is 50.1 Å². The molecular formula is C25H32FNOS2. The predicted octanol–water partition coefficient (Wildman–Crippen LogP) is 8.41. The third-order valence-corrected chi connectivity index (χ3v) is 6.71. The van der Waals surface area contributed by atoms with Gasteiger partial charge in [-0.15, -0.1) is 18.3 Å². The lowest BCUT2D eigenvalue weighted by atomic mass is 10.2. The van der Waals surface area contributed by atoms with Crippen molar-refractivity contribution in [2.45, 2.75) is 49.4 Å². The Balaban J connectivity index is 1.99. The van der Waals surface area contributed by atoms with E-state index in [-0.39, 0.29) is 5.82 Å². The number of para-hydroxylation sites is 1. The van der Waals surface area contributed by atoms with Crippen LogP contribution in [0.15, 0.2) is 77.2 Å². The maximum Gasteiger partial charge on any atom is 0.176 e. The summed E-state index contributed by atoms with van der Waals surface area (Å²) in [6.07, 6.45) is 7.99. The van der Waals surface area contributed by atoms with E-state index in [0.717, 1.165) is 28.5 Å². The summed E-state index contributed by atoms with van der Waals surface area (Å²) in [6, 6.07) is 14.8. The third kappa shape index (κ3) is 8.49. The number of nitrogens with one attached hydrogen (secondary N) is 1. The first-order valence-electron chi connectivity index (χ1n) is 10.4. The number of anilines is 1. The van der Waals surface area contributed by atoms with E-state index in [1.807, 2.05) is 55.8 Å². The molecule has 0 aliphatic heterocycles. The van der Waals surface area contributed by atoms with Gasteiger partial charge in [0, 0.05) is 28.6 Å². The number of benzene rings is 2. The molecule has 0 unspecified atom stereocenters. The Hall–Kier alpha value is -1.85. The fourth-order valence-electron chi connectivity index (χ4n) is 2.91. The Kier molecular flexibility index (Phi) is 11.6. The molecule has 0 saturated heterocycles. The van der Waals surface area contributed by atoms with Crippen molar-refractivity contribution in [1.82, 2.24) is 0 Å². The van der Waals surface area contributed by atoms with Gasteiger partial charge in [-0.2, -0.15) is 0 Å². The van der Waals surface area contributed by atoms with Gasteiger partial charge in [0.2, 0.25) is 0 Å². The number of thioether (sulfide) groups is 2. The highest BCUT2D eigenvalue weighted by Crippen LogP contribution is 2.41. The van der Waals surface area contributed by atoms with Gasteiger partial charge in [0.25, 0.3) is 0 Å². The topological polar surface area (TPSA) is 21.3 Å². The Morgan fingerprint density at radius 2 is 1.83 bits per heavy atom. The summed E-state index contributed by atoms with van der Waals surface area (Å²) >= 11 is 3.27. The van der Waals surface area contributed by atoms with Gasteiger partial charge in [-0.1, -0.05) is 61.0 Å². The van der Waals surface area contributed by atoms with E-state index in [1.165, 1.54) is 43.5 Å². The van der Waals surface area contributed by atoms with Crippen LogP contribution in [-0.2, 0) is 4.74 Å². The summed E-state index contributed by atoms with van der Waals surface area (Å²) in [4.78, 5) is 1.02. The first kappa shape index (κ1) is 24.4. The van der Waals surface area contributed by atoms with Crippen molar-refractivity contribution >= 4 is 29.2 Å². The maximum absolute atomic E-state index is 14.5. The van der Waals surface area contributed by atoms with Crippen molar-refractivity contribution < 1.29 is 9.13 Å². The second kappa shape index (κ2) is 14.2. The molecule has 0 bridgehead atoms. The molecule has 162 valence electrons. The minimum Gasteiger partial charge on any atom is -0.479 e.